The summed E-state index contributed by atoms with van der Waals surface area (Å²) in [5.41, 5.74) is 3.92. The smallest absolute Gasteiger partial charge is 0.341 e. The van der Waals surface area contributed by atoms with E-state index in [0.717, 1.165) is 39.5 Å². The van der Waals surface area contributed by atoms with Crippen molar-refractivity contribution in [2.45, 2.75) is 6.42 Å². The highest BCUT2D eigenvalue weighted by Gasteiger charge is 2.23. The fourth-order valence-electron chi connectivity index (χ4n) is 3.75. The number of carbonyl (C=O) groups is 1. The lowest BCUT2D eigenvalue weighted by molar-refractivity contribution is -0.139. The van der Waals surface area contributed by atoms with E-state index < -0.39 is 12.6 Å². The quantitative estimate of drug-likeness (QED) is 0.543. The van der Waals surface area contributed by atoms with Crippen LogP contribution >= 0.6 is 0 Å². The minimum absolute atomic E-state index is 0.363. The molecule has 1 N–H and O–H groups in total. The Morgan fingerprint density at radius 3 is 2.67 bits per heavy atom. The molecule has 0 fully saturated rings. The van der Waals surface area contributed by atoms with Gasteiger partial charge in [-0.05, 0) is 40.5 Å². The Hall–Kier alpha value is -3.79. The second-order valence-corrected chi connectivity index (χ2v) is 6.94. The molecule has 4 nitrogen and oxygen atoms in total. The molecule has 4 rings (SSSR count). The topological polar surface area (TPSA) is 55.8 Å². The highest BCUT2D eigenvalue weighted by atomic mass is 16.5. The molecular weight excluding hydrogens is 376 g/mol. The van der Waals surface area contributed by atoms with Crippen LogP contribution in [-0.2, 0) is 16.0 Å². The first-order valence-corrected chi connectivity index (χ1v) is 9.78. The molecule has 0 aromatic heterocycles. The third-order valence-electron chi connectivity index (χ3n) is 4.99. The molecule has 1 aliphatic carbocycles. The second kappa shape index (κ2) is 8.70. The Bertz CT molecular complexity index is 1170. The van der Waals surface area contributed by atoms with E-state index in [0.29, 0.717) is 18.1 Å². The Morgan fingerprint density at radius 1 is 1.03 bits per heavy atom. The summed E-state index contributed by atoms with van der Waals surface area (Å²) in [5, 5.41) is 11.2. The van der Waals surface area contributed by atoms with Gasteiger partial charge in [0.05, 0.1) is 0 Å². The first-order valence-electron chi connectivity index (χ1n) is 9.78. The van der Waals surface area contributed by atoms with Crippen molar-refractivity contribution in [3.05, 3.63) is 108 Å². The normalized spacial score (nSPS) is 12.9. The summed E-state index contributed by atoms with van der Waals surface area (Å²) in [7, 11) is 0. The van der Waals surface area contributed by atoms with Crippen molar-refractivity contribution in [1.29, 1.82) is 0 Å². The molecule has 0 bridgehead atoms. The number of ether oxygens (including phenoxy) is 2. The number of hydrogen-bond donors (Lipinski definition) is 1. The van der Waals surface area contributed by atoms with Crippen molar-refractivity contribution in [3.63, 3.8) is 0 Å². The molecule has 30 heavy (non-hydrogen) atoms. The monoisotopic (exact) mass is 398 g/mol. The summed E-state index contributed by atoms with van der Waals surface area (Å²) in [6.45, 7) is 3.71. The zero-order valence-electron chi connectivity index (χ0n) is 16.5. The fourth-order valence-corrected chi connectivity index (χ4v) is 3.75. The number of carboxylic acid groups (broad SMARTS) is 1. The molecule has 0 spiro atoms. The molecule has 1 aliphatic rings. The van der Waals surface area contributed by atoms with E-state index in [1.807, 2.05) is 54.6 Å². The number of rotatable bonds is 7. The van der Waals surface area contributed by atoms with Gasteiger partial charge in [-0.2, -0.15) is 0 Å². The SMILES string of the molecule is C=CCOC1=C(c2c(OCC(=O)O)ccc3ccccc23)c2ccccc2CC=C1. The van der Waals surface area contributed by atoms with Gasteiger partial charge in [0.15, 0.2) is 6.61 Å². The van der Waals surface area contributed by atoms with E-state index in [1.165, 1.54) is 0 Å². The third kappa shape index (κ3) is 3.85. The van der Waals surface area contributed by atoms with E-state index in [9.17, 15) is 9.90 Å². The molecule has 3 aromatic carbocycles. The van der Waals surface area contributed by atoms with Crippen LogP contribution in [0.25, 0.3) is 16.3 Å². The van der Waals surface area contributed by atoms with Gasteiger partial charge in [0, 0.05) is 11.1 Å². The summed E-state index contributed by atoms with van der Waals surface area (Å²) in [4.78, 5) is 11.2. The predicted octanol–water partition coefficient (Wildman–Crippen LogP) is 5.38. The van der Waals surface area contributed by atoms with Crippen LogP contribution in [0.3, 0.4) is 0 Å². The van der Waals surface area contributed by atoms with Gasteiger partial charge in [-0.3, -0.25) is 0 Å². The van der Waals surface area contributed by atoms with Gasteiger partial charge in [0.2, 0.25) is 0 Å². The largest absolute Gasteiger partial charge is 0.489 e. The van der Waals surface area contributed by atoms with E-state index >= 15 is 0 Å². The molecule has 0 unspecified atom stereocenters. The lowest BCUT2D eigenvalue weighted by Gasteiger charge is -2.20. The van der Waals surface area contributed by atoms with Crippen molar-refractivity contribution in [2.24, 2.45) is 0 Å². The number of allylic oxidation sites excluding steroid dienone is 2. The fraction of sp³-hybridized carbons (Fsp3) is 0.115. The minimum atomic E-state index is -1.02. The highest BCUT2D eigenvalue weighted by molar-refractivity contribution is 6.02. The van der Waals surface area contributed by atoms with Gasteiger partial charge in [-0.15, -0.1) is 0 Å². The minimum Gasteiger partial charge on any atom is -0.489 e. The van der Waals surface area contributed by atoms with Gasteiger partial charge in [0.1, 0.15) is 18.1 Å². The Morgan fingerprint density at radius 2 is 1.83 bits per heavy atom. The van der Waals surface area contributed by atoms with Crippen molar-refractivity contribution in [1.82, 2.24) is 0 Å². The van der Waals surface area contributed by atoms with Gasteiger partial charge in [0.25, 0.3) is 0 Å². The van der Waals surface area contributed by atoms with Crippen molar-refractivity contribution in [2.75, 3.05) is 13.2 Å². The molecule has 0 saturated carbocycles. The van der Waals surface area contributed by atoms with Crippen molar-refractivity contribution < 1.29 is 19.4 Å². The van der Waals surface area contributed by atoms with Gasteiger partial charge in [-0.1, -0.05) is 73.3 Å². The first kappa shape index (κ1) is 19.5. The zero-order chi connectivity index (χ0) is 20.9. The molecule has 150 valence electrons. The van der Waals surface area contributed by atoms with E-state index in [2.05, 4.69) is 24.8 Å². The molecule has 0 heterocycles. The number of fused-ring (bicyclic) bond motifs is 2. The number of hydrogen-bond acceptors (Lipinski definition) is 3. The molecular formula is C26H22O4. The van der Waals surface area contributed by atoms with Crippen molar-refractivity contribution >= 4 is 22.3 Å². The summed E-state index contributed by atoms with van der Waals surface area (Å²) in [6.07, 6.45) is 6.53. The maximum atomic E-state index is 11.2. The van der Waals surface area contributed by atoms with E-state index in [1.54, 1.807) is 6.08 Å². The first-order chi connectivity index (χ1) is 14.7. The third-order valence-corrected chi connectivity index (χ3v) is 4.99. The van der Waals surface area contributed by atoms with Crippen LogP contribution < -0.4 is 4.74 Å². The van der Waals surface area contributed by atoms with Gasteiger partial charge in [-0.25, -0.2) is 4.79 Å². The highest BCUT2D eigenvalue weighted by Crippen LogP contribution is 2.41. The Labute approximate surface area is 175 Å². The number of benzene rings is 3. The summed E-state index contributed by atoms with van der Waals surface area (Å²) < 4.78 is 11.8. The van der Waals surface area contributed by atoms with Crippen molar-refractivity contribution in [3.8, 4) is 5.75 Å². The van der Waals surface area contributed by atoms with Gasteiger partial charge >= 0.3 is 5.97 Å². The predicted molar refractivity (Wildman–Crippen MR) is 119 cm³/mol. The maximum absolute atomic E-state index is 11.2. The molecule has 0 aliphatic heterocycles. The molecule has 0 radical (unpaired) electrons. The zero-order valence-corrected chi connectivity index (χ0v) is 16.5. The summed E-state index contributed by atoms with van der Waals surface area (Å²) in [6, 6.07) is 20.0. The van der Waals surface area contributed by atoms with Crippen LogP contribution in [0.5, 0.6) is 5.75 Å². The van der Waals surface area contributed by atoms with Crippen LogP contribution in [-0.4, -0.2) is 24.3 Å². The Kier molecular flexibility index (Phi) is 5.66. The van der Waals surface area contributed by atoms with Crippen LogP contribution in [0.15, 0.2) is 91.2 Å². The lowest BCUT2D eigenvalue weighted by atomic mass is 9.89. The van der Waals surface area contributed by atoms with E-state index in [-0.39, 0.29) is 0 Å². The second-order valence-electron chi connectivity index (χ2n) is 6.94. The summed E-state index contributed by atoms with van der Waals surface area (Å²) in [5.74, 6) is 0.194. The number of carboxylic acids is 1. The Balaban J connectivity index is 2.04. The summed E-state index contributed by atoms with van der Waals surface area (Å²) >= 11 is 0. The van der Waals surface area contributed by atoms with Crippen LogP contribution in [0, 0.1) is 0 Å². The number of aliphatic carboxylic acids is 1. The molecule has 3 aromatic rings. The molecule has 0 atom stereocenters. The average molecular weight is 398 g/mol. The maximum Gasteiger partial charge on any atom is 0.341 e. The van der Waals surface area contributed by atoms with E-state index in [4.69, 9.17) is 9.47 Å². The standard InChI is InChI=1S/C26H22O4/c1-2-16-29-22-13-7-10-18-8-3-5-11-20(18)25(22)26-21-12-6-4-9-19(21)14-15-23(26)30-17-24(27)28/h2-9,11-15H,1,10,16-17H2,(H,27,28). The van der Waals surface area contributed by atoms with Crippen LogP contribution in [0.4, 0.5) is 0 Å². The lowest BCUT2D eigenvalue weighted by Crippen LogP contribution is -2.11. The average Bonchev–Trinajstić information content (AvgIpc) is 2.95. The van der Waals surface area contributed by atoms with Crippen LogP contribution in [0.1, 0.15) is 16.7 Å². The molecule has 4 heteroatoms. The van der Waals surface area contributed by atoms with Crippen LogP contribution in [0.2, 0.25) is 0 Å². The molecule has 0 amide bonds. The molecule has 0 saturated heterocycles. The van der Waals surface area contributed by atoms with Gasteiger partial charge < -0.3 is 14.6 Å².